The van der Waals surface area contributed by atoms with E-state index in [2.05, 4.69) is 0 Å². The summed E-state index contributed by atoms with van der Waals surface area (Å²) in [5, 5.41) is 0.638. The molecule has 0 radical (unpaired) electrons. The summed E-state index contributed by atoms with van der Waals surface area (Å²) in [5.74, 6) is 1.98. The second-order valence-electron chi connectivity index (χ2n) is 7.35. The molecule has 6 nitrogen and oxygen atoms in total. The average molecular weight is 528 g/mol. The summed E-state index contributed by atoms with van der Waals surface area (Å²) in [6, 6.07) is 18.2. The zero-order valence-electron chi connectivity index (χ0n) is 19.2. The van der Waals surface area contributed by atoms with Crippen molar-refractivity contribution in [1.29, 1.82) is 0 Å². The lowest BCUT2D eigenvalue weighted by atomic mass is 10.1. The maximum Gasteiger partial charge on any atom is 0.270 e. The van der Waals surface area contributed by atoms with Gasteiger partial charge in [-0.25, -0.2) is 0 Å². The van der Waals surface area contributed by atoms with Gasteiger partial charge in [0.2, 0.25) is 0 Å². The minimum Gasteiger partial charge on any atom is -0.497 e. The highest BCUT2D eigenvalue weighted by atomic mass is 35.5. The molecule has 1 aliphatic heterocycles. The third-order valence-electron chi connectivity index (χ3n) is 5.25. The smallest absolute Gasteiger partial charge is 0.270 e. The number of thioether (sulfide) groups is 1. The minimum absolute atomic E-state index is 0.235. The van der Waals surface area contributed by atoms with Gasteiger partial charge in [-0.1, -0.05) is 59.8 Å². The standard InChI is InChI=1S/C26H22ClNO5S2/c1-30-18-9-10-20(22(14-18)31-2)28-25(29)24(35-26(28)34)13-16-8-11-21(23(12-16)32-3)33-15-17-6-4-5-7-19(17)27/h4-14H,15H2,1-3H3. The zero-order chi connectivity index (χ0) is 24.9. The van der Waals surface area contributed by atoms with Crippen LogP contribution in [-0.2, 0) is 11.4 Å². The number of hydrogen-bond donors (Lipinski definition) is 0. The monoisotopic (exact) mass is 527 g/mol. The van der Waals surface area contributed by atoms with E-state index in [4.69, 9.17) is 42.8 Å². The largest absolute Gasteiger partial charge is 0.497 e. The van der Waals surface area contributed by atoms with E-state index in [-0.39, 0.29) is 5.91 Å². The van der Waals surface area contributed by atoms with Gasteiger partial charge in [-0.05, 0) is 42.0 Å². The number of carbonyl (C=O) groups is 1. The van der Waals surface area contributed by atoms with Gasteiger partial charge in [-0.15, -0.1) is 0 Å². The molecule has 4 rings (SSSR count). The molecule has 0 bridgehead atoms. The summed E-state index contributed by atoms with van der Waals surface area (Å²) >= 11 is 12.9. The van der Waals surface area contributed by atoms with E-state index in [0.717, 1.165) is 11.1 Å². The number of hydrogen-bond acceptors (Lipinski definition) is 7. The first-order valence-electron chi connectivity index (χ1n) is 10.5. The Morgan fingerprint density at radius 2 is 1.71 bits per heavy atom. The molecule has 1 amide bonds. The normalized spacial score (nSPS) is 14.4. The quantitative estimate of drug-likeness (QED) is 0.250. The molecule has 0 N–H and O–H groups in total. The summed E-state index contributed by atoms with van der Waals surface area (Å²) < 4.78 is 22.6. The van der Waals surface area contributed by atoms with Gasteiger partial charge in [0.15, 0.2) is 15.8 Å². The lowest BCUT2D eigenvalue weighted by Gasteiger charge is -2.18. The molecule has 3 aromatic carbocycles. The molecule has 1 aliphatic rings. The van der Waals surface area contributed by atoms with Crippen LogP contribution in [-0.4, -0.2) is 31.6 Å². The number of thiocarbonyl (C=S) groups is 1. The molecule has 180 valence electrons. The predicted octanol–water partition coefficient (Wildman–Crippen LogP) is 6.35. The highest BCUT2D eigenvalue weighted by Gasteiger charge is 2.35. The molecule has 0 aliphatic carbocycles. The van der Waals surface area contributed by atoms with E-state index in [1.54, 1.807) is 44.6 Å². The molecule has 0 saturated carbocycles. The van der Waals surface area contributed by atoms with Gasteiger partial charge >= 0.3 is 0 Å². The van der Waals surface area contributed by atoms with Crippen molar-refractivity contribution in [2.75, 3.05) is 26.2 Å². The number of nitrogens with zero attached hydrogens (tertiary/aromatic N) is 1. The number of anilines is 1. The highest BCUT2D eigenvalue weighted by Crippen LogP contribution is 2.41. The van der Waals surface area contributed by atoms with Crippen molar-refractivity contribution in [3.8, 4) is 23.0 Å². The molecule has 1 heterocycles. The lowest BCUT2D eigenvalue weighted by Crippen LogP contribution is -2.27. The van der Waals surface area contributed by atoms with Crippen molar-refractivity contribution in [3.63, 3.8) is 0 Å². The Hall–Kier alpha value is -3.20. The third-order valence-corrected chi connectivity index (χ3v) is 6.92. The molecule has 0 spiro atoms. The Morgan fingerprint density at radius 3 is 2.43 bits per heavy atom. The molecule has 9 heteroatoms. The summed E-state index contributed by atoms with van der Waals surface area (Å²) in [6.07, 6.45) is 1.77. The summed E-state index contributed by atoms with van der Waals surface area (Å²) in [7, 11) is 4.67. The van der Waals surface area contributed by atoms with Crippen molar-refractivity contribution in [1.82, 2.24) is 0 Å². The Bertz CT molecular complexity index is 1310. The maximum absolute atomic E-state index is 13.3. The van der Waals surface area contributed by atoms with Crippen LogP contribution in [0.2, 0.25) is 5.02 Å². The Morgan fingerprint density at radius 1 is 0.943 bits per heavy atom. The van der Waals surface area contributed by atoms with Gasteiger partial charge in [-0.2, -0.15) is 0 Å². The number of amides is 1. The number of ether oxygens (including phenoxy) is 4. The van der Waals surface area contributed by atoms with Crippen LogP contribution < -0.4 is 23.8 Å². The molecule has 0 unspecified atom stereocenters. The van der Waals surface area contributed by atoms with E-state index < -0.39 is 0 Å². The second kappa shape index (κ2) is 11.0. The van der Waals surface area contributed by atoms with Crippen LogP contribution in [0.1, 0.15) is 11.1 Å². The van der Waals surface area contributed by atoms with Crippen molar-refractivity contribution in [3.05, 3.63) is 81.7 Å². The highest BCUT2D eigenvalue weighted by molar-refractivity contribution is 8.27. The van der Waals surface area contributed by atoms with Crippen molar-refractivity contribution < 1.29 is 23.7 Å². The molecular weight excluding hydrogens is 506 g/mol. The number of rotatable bonds is 8. The zero-order valence-corrected chi connectivity index (χ0v) is 21.6. The first-order chi connectivity index (χ1) is 16.9. The fraction of sp³-hybridized carbons (Fsp3) is 0.154. The van der Waals surface area contributed by atoms with E-state index in [9.17, 15) is 4.79 Å². The maximum atomic E-state index is 13.3. The van der Waals surface area contributed by atoms with Crippen molar-refractivity contribution in [2.24, 2.45) is 0 Å². The number of carbonyl (C=O) groups excluding carboxylic acids is 1. The fourth-order valence-electron chi connectivity index (χ4n) is 3.46. The van der Waals surface area contributed by atoms with E-state index >= 15 is 0 Å². The first-order valence-corrected chi connectivity index (χ1v) is 12.1. The van der Waals surface area contributed by atoms with Gasteiger partial charge in [0.1, 0.15) is 18.1 Å². The minimum atomic E-state index is -0.235. The fourth-order valence-corrected chi connectivity index (χ4v) is 4.94. The molecule has 0 aromatic heterocycles. The van der Waals surface area contributed by atoms with Crippen molar-refractivity contribution >= 4 is 57.6 Å². The van der Waals surface area contributed by atoms with E-state index in [1.807, 2.05) is 36.4 Å². The Labute approximate surface area is 218 Å². The van der Waals surface area contributed by atoms with Crippen LogP contribution in [0.3, 0.4) is 0 Å². The van der Waals surface area contributed by atoms with E-state index in [0.29, 0.717) is 49.5 Å². The topological polar surface area (TPSA) is 57.2 Å². The molecule has 0 atom stereocenters. The van der Waals surface area contributed by atoms with Crippen LogP contribution in [0.5, 0.6) is 23.0 Å². The SMILES string of the molecule is COc1ccc(N2C(=O)C(=Cc3ccc(OCc4ccccc4Cl)c(OC)c3)SC2=S)c(OC)c1. The molecule has 1 saturated heterocycles. The van der Waals surface area contributed by atoms with Gasteiger partial charge in [0, 0.05) is 16.7 Å². The van der Waals surface area contributed by atoms with Crippen LogP contribution >= 0.6 is 35.6 Å². The van der Waals surface area contributed by atoms with E-state index in [1.165, 1.54) is 23.8 Å². The second-order valence-corrected chi connectivity index (χ2v) is 9.43. The van der Waals surface area contributed by atoms with Crippen molar-refractivity contribution in [2.45, 2.75) is 6.61 Å². The lowest BCUT2D eigenvalue weighted by molar-refractivity contribution is -0.113. The van der Waals surface area contributed by atoms with Crippen LogP contribution in [0.4, 0.5) is 5.69 Å². The third kappa shape index (κ3) is 5.40. The van der Waals surface area contributed by atoms with Gasteiger partial charge < -0.3 is 18.9 Å². The summed E-state index contributed by atoms with van der Waals surface area (Å²) in [4.78, 5) is 15.2. The van der Waals surface area contributed by atoms with Gasteiger partial charge in [-0.3, -0.25) is 9.69 Å². The van der Waals surface area contributed by atoms with Crippen LogP contribution in [0.15, 0.2) is 65.6 Å². The Balaban J connectivity index is 1.56. The number of benzene rings is 3. The average Bonchev–Trinajstić information content (AvgIpc) is 3.15. The predicted molar refractivity (Wildman–Crippen MR) is 144 cm³/mol. The van der Waals surface area contributed by atoms with Gasteiger partial charge in [0.05, 0.1) is 31.9 Å². The molecule has 3 aromatic rings. The molecule has 1 fully saturated rings. The van der Waals surface area contributed by atoms with Crippen LogP contribution in [0.25, 0.3) is 6.08 Å². The van der Waals surface area contributed by atoms with Crippen LogP contribution in [0, 0.1) is 0 Å². The summed E-state index contributed by atoms with van der Waals surface area (Å²) in [5.41, 5.74) is 2.20. The number of methoxy groups -OCH3 is 3. The number of halogens is 1. The molecular formula is C26H22ClNO5S2. The Kier molecular flexibility index (Phi) is 7.85. The summed E-state index contributed by atoms with van der Waals surface area (Å²) in [6.45, 7) is 0.303. The van der Waals surface area contributed by atoms with Gasteiger partial charge in [0.25, 0.3) is 5.91 Å². The molecule has 35 heavy (non-hydrogen) atoms. The first kappa shape index (κ1) is 24.9.